The van der Waals surface area contributed by atoms with Crippen LogP contribution >= 0.6 is 27.7 Å². The first-order valence-corrected chi connectivity index (χ1v) is 8.37. The van der Waals surface area contributed by atoms with E-state index in [2.05, 4.69) is 28.2 Å². The standard InChI is InChI=1S/C14H20BrNOS/c1-2-12(8-9-15)10-16-14(17)11-18-13-6-4-3-5-7-13/h3-7,12H,2,8-11H2,1H3,(H,16,17). The van der Waals surface area contributed by atoms with Crippen molar-refractivity contribution in [2.45, 2.75) is 24.7 Å². The van der Waals surface area contributed by atoms with Gasteiger partial charge in [0.25, 0.3) is 0 Å². The molecule has 0 radical (unpaired) electrons. The molecule has 0 aliphatic carbocycles. The SMILES string of the molecule is CCC(CCBr)CNC(=O)CSc1ccccc1. The van der Waals surface area contributed by atoms with E-state index < -0.39 is 0 Å². The number of amides is 1. The van der Waals surface area contributed by atoms with Crippen molar-refractivity contribution >= 4 is 33.6 Å². The molecule has 1 aromatic rings. The molecule has 1 unspecified atom stereocenters. The van der Waals surface area contributed by atoms with Gasteiger partial charge in [0.1, 0.15) is 0 Å². The molecule has 1 amide bonds. The van der Waals surface area contributed by atoms with Crippen molar-refractivity contribution in [3.05, 3.63) is 30.3 Å². The fourth-order valence-corrected chi connectivity index (χ4v) is 2.98. The maximum atomic E-state index is 11.7. The van der Waals surface area contributed by atoms with Crippen LogP contribution in [0, 0.1) is 5.92 Å². The van der Waals surface area contributed by atoms with Crippen LogP contribution in [0.25, 0.3) is 0 Å². The molecule has 100 valence electrons. The van der Waals surface area contributed by atoms with Crippen LogP contribution in [-0.4, -0.2) is 23.5 Å². The van der Waals surface area contributed by atoms with E-state index in [4.69, 9.17) is 0 Å². The molecule has 0 bridgehead atoms. The largest absolute Gasteiger partial charge is 0.355 e. The smallest absolute Gasteiger partial charge is 0.230 e. The zero-order valence-corrected chi connectivity index (χ0v) is 13.1. The molecule has 0 aliphatic heterocycles. The average molecular weight is 330 g/mol. The van der Waals surface area contributed by atoms with Crippen LogP contribution in [0.4, 0.5) is 0 Å². The van der Waals surface area contributed by atoms with E-state index in [1.165, 1.54) is 0 Å². The van der Waals surface area contributed by atoms with Gasteiger partial charge in [-0.3, -0.25) is 4.79 Å². The number of alkyl halides is 1. The van der Waals surface area contributed by atoms with E-state index in [0.29, 0.717) is 11.7 Å². The van der Waals surface area contributed by atoms with Gasteiger partial charge in [-0.05, 0) is 24.5 Å². The number of rotatable bonds is 8. The van der Waals surface area contributed by atoms with Crippen molar-refractivity contribution in [3.8, 4) is 0 Å². The van der Waals surface area contributed by atoms with Gasteiger partial charge in [-0.2, -0.15) is 0 Å². The molecule has 0 aromatic heterocycles. The molecular weight excluding hydrogens is 310 g/mol. The van der Waals surface area contributed by atoms with Crippen LogP contribution in [0.2, 0.25) is 0 Å². The van der Waals surface area contributed by atoms with Crippen LogP contribution in [0.1, 0.15) is 19.8 Å². The lowest BCUT2D eigenvalue weighted by Gasteiger charge is -2.14. The maximum Gasteiger partial charge on any atom is 0.230 e. The number of hydrogen-bond acceptors (Lipinski definition) is 2. The molecular formula is C14H20BrNOS. The number of nitrogens with one attached hydrogen (secondary N) is 1. The van der Waals surface area contributed by atoms with E-state index in [9.17, 15) is 4.79 Å². The zero-order chi connectivity index (χ0) is 13.2. The third-order valence-electron chi connectivity index (χ3n) is 2.80. The fourth-order valence-electron chi connectivity index (χ4n) is 1.58. The molecule has 1 rings (SSSR count). The van der Waals surface area contributed by atoms with E-state index in [0.717, 1.165) is 29.6 Å². The third-order valence-corrected chi connectivity index (χ3v) is 4.27. The second-order valence-corrected chi connectivity index (χ2v) is 6.00. The first kappa shape index (κ1) is 15.6. The predicted octanol–water partition coefficient (Wildman–Crippen LogP) is 3.71. The summed E-state index contributed by atoms with van der Waals surface area (Å²) in [5.74, 6) is 1.20. The highest BCUT2D eigenvalue weighted by molar-refractivity contribution is 9.09. The molecule has 0 aliphatic rings. The van der Waals surface area contributed by atoms with Gasteiger partial charge in [-0.15, -0.1) is 11.8 Å². The average Bonchev–Trinajstić information content (AvgIpc) is 2.42. The lowest BCUT2D eigenvalue weighted by Crippen LogP contribution is -2.30. The van der Waals surface area contributed by atoms with Gasteiger partial charge in [-0.1, -0.05) is 47.5 Å². The van der Waals surface area contributed by atoms with Gasteiger partial charge in [0.2, 0.25) is 5.91 Å². The Bertz CT molecular complexity index is 345. The number of benzene rings is 1. The summed E-state index contributed by atoms with van der Waals surface area (Å²) in [5, 5.41) is 4.01. The summed E-state index contributed by atoms with van der Waals surface area (Å²) in [6.45, 7) is 2.95. The van der Waals surface area contributed by atoms with Crippen LogP contribution < -0.4 is 5.32 Å². The van der Waals surface area contributed by atoms with Gasteiger partial charge in [0.05, 0.1) is 5.75 Å². The molecule has 0 heterocycles. The Morgan fingerprint density at radius 2 is 2.11 bits per heavy atom. The summed E-state index contributed by atoms with van der Waals surface area (Å²) in [7, 11) is 0. The van der Waals surface area contributed by atoms with Crippen LogP contribution in [-0.2, 0) is 4.79 Å². The Kier molecular flexibility index (Phi) is 8.18. The van der Waals surface area contributed by atoms with Crippen molar-refractivity contribution in [2.24, 2.45) is 5.92 Å². The Morgan fingerprint density at radius 1 is 1.39 bits per heavy atom. The van der Waals surface area contributed by atoms with Gasteiger partial charge >= 0.3 is 0 Å². The Hall–Kier alpha value is -0.480. The number of thioether (sulfide) groups is 1. The van der Waals surface area contributed by atoms with Crippen LogP contribution in [0.5, 0.6) is 0 Å². The molecule has 2 nitrogen and oxygen atoms in total. The van der Waals surface area contributed by atoms with E-state index in [1.54, 1.807) is 11.8 Å². The summed E-state index contributed by atoms with van der Waals surface area (Å²) in [6.07, 6.45) is 2.22. The number of hydrogen-bond donors (Lipinski definition) is 1. The summed E-state index contributed by atoms with van der Waals surface area (Å²) in [6, 6.07) is 10.0. The molecule has 0 saturated carbocycles. The molecule has 0 fully saturated rings. The number of halogens is 1. The molecule has 18 heavy (non-hydrogen) atoms. The van der Waals surface area contributed by atoms with E-state index in [1.807, 2.05) is 30.3 Å². The second kappa shape index (κ2) is 9.45. The Morgan fingerprint density at radius 3 is 2.72 bits per heavy atom. The van der Waals surface area contributed by atoms with Crippen molar-refractivity contribution in [1.82, 2.24) is 5.32 Å². The summed E-state index contributed by atoms with van der Waals surface area (Å²) < 4.78 is 0. The Balaban J connectivity index is 2.21. The number of carbonyl (C=O) groups is 1. The molecule has 1 N–H and O–H groups in total. The second-order valence-electron chi connectivity index (χ2n) is 4.16. The normalized spacial score (nSPS) is 12.1. The van der Waals surface area contributed by atoms with Gasteiger partial charge in [-0.25, -0.2) is 0 Å². The van der Waals surface area contributed by atoms with Gasteiger partial charge in [0, 0.05) is 16.8 Å². The zero-order valence-electron chi connectivity index (χ0n) is 10.7. The minimum Gasteiger partial charge on any atom is -0.355 e. The summed E-state index contributed by atoms with van der Waals surface area (Å²) >= 11 is 5.02. The molecule has 0 spiro atoms. The highest BCUT2D eigenvalue weighted by atomic mass is 79.9. The maximum absolute atomic E-state index is 11.7. The monoisotopic (exact) mass is 329 g/mol. The quantitative estimate of drug-likeness (QED) is 0.582. The van der Waals surface area contributed by atoms with Crippen molar-refractivity contribution < 1.29 is 4.79 Å². The fraction of sp³-hybridized carbons (Fsp3) is 0.500. The first-order chi connectivity index (χ1) is 8.76. The third kappa shape index (κ3) is 6.45. The molecule has 4 heteroatoms. The minimum absolute atomic E-state index is 0.122. The van der Waals surface area contributed by atoms with Gasteiger partial charge < -0.3 is 5.32 Å². The molecule has 1 atom stereocenters. The van der Waals surface area contributed by atoms with Crippen LogP contribution in [0.3, 0.4) is 0 Å². The first-order valence-electron chi connectivity index (χ1n) is 6.26. The predicted molar refractivity (Wildman–Crippen MR) is 82.4 cm³/mol. The van der Waals surface area contributed by atoms with Crippen molar-refractivity contribution in [1.29, 1.82) is 0 Å². The Labute approximate surface area is 122 Å². The van der Waals surface area contributed by atoms with Crippen molar-refractivity contribution in [3.63, 3.8) is 0 Å². The number of carbonyl (C=O) groups excluding carboxylic acids is 1. The molecule has 1 aromatic carbocycles. The summed E-state index contributed by atoms with van der Waals surface area (Å²) in [4.78, 5) is 12.8. The lowest BCUT2D eigenvalue weighted by atomic mass is 10.0. The van der Waals surface area contributed by atoms with Gasteiger partial charge in [0.15, 0.2) is 0 Å². The lowest BCUT2D eigenvalue weighted by molar-refractivity contribution is -0.118. The van der Waals surface area contributed by atoms with Crippen molar-refractivity contribution in [2.75, 3.05) is 17.6 Å². The van der Waals surface area contributed by atoms with Crippen LogP contribution in [0.15, 0.2) is 35.2 Å². The van der Waals surface area contributed by atoms with E-state index >= 15 is 0 Å². The summed E-state index contributed by atoms with van der Waals surface area (Å²) in [5.41, 5.74) is 0. The van der Waals surface area contributed by atoms with E-state index in [-0.39, 0.29) is 5.91 Å². The minimum atomic E-state index is 0.122. The highest BCUT2D eigenvalue weighted by Crippen LogP contribution is 2.16. The highest BCUT2D eigenvalue weighted by Gasteiger charge is 2.08. The topological polar surface area (TPSA) is 29.1 Å². The molecule has 0 saturated heterocycles.